The Balaban J connectivity index is 2.10. The molecule has 14 heavy (non-hydrogen) atoms. The number of nitrogens with one attached hydrogen (secondary N) is 1. The molecule has 2 nitrogen and oxygen atoms in total. The first-order valence-corrected chi connectivity index (χ1v) is 4.95. The van der Waals surface area contributed by atoms with E-state index in [1.165, 1.54) is 16.5 Å². The van der Waals surface area contributed by atoms with E-state index in [2.05, 4.69) is 29.2 Å². The third-order valence-corrected chi connectivity index (χ3v) is 2.43. The maximum Gasteiger partial charge on any atom is 0.0465 e. The summed E-state index contributed by atoms with van der Waals surface area (Å²) in [6.45, 7) is 0.836. The summed E-state index contributed by atoms with van der Waals surface area (Å²) < 4.78 is 5.03. The number of benzene rings is 1. The van der Waals surface area contributed by atoms with Crippen LogP contribution in [0.2, 0.25) is 0 Å². The molecule has 2 rings (SSSR count). The van der Waals surface area contributed by atoms with Crippen LogP contribution < -0.4 is 0 Å². The molecule has 0 unspecified atom stereocenters. The Bertz CT molecular complexity index is 405. The minimum Gasteiger partial charge on any atom is -0.385 e. The van der Waals surface area contributed by atoms with Gasteiger partial charge < -0.3 is 9.72 Å². The summed E-state index contributed by atoms with van der Waals surface area (Å²) in [5, 5.41) is 1.28. The van der Waals surface area contributed by atoms with Gasteiger partial charge in [-0.15, -0.1) is 0 Å². The van der Waals surface area contributed by atoms with Crippen LogP contribution in [0.5, 0.6) is 0 Å². The molecule has 0 radical (unpaired) electrons. The Morgan fingerprint density at radius 1 is 1.29 bits per heavy atom. The molecule has 0 aliphatic rings. The molecule has 0 amide bonds. The predicted molar refractivity (Wildman–Crippen MR) is 58.5 cm³/mol. The van der Waals surface area contributed by atoms with Gasteiger partial charge in [0.15, 0.2) is 0 Å². The zero-order valence-corrected chi connectivity index (χ0v) is 8.42. The normalized spacial score (nSPS) is 10.9. The third-order valence-electron chi connectivity index (χ3n) is 2.43. The molecule has 0 saturated heterocycles. The van der Waals surface area contributed by atoms with Crippen LogP contribution in [0, 0.1) is 0 Å². The zero-order chi connectivity index (χ0) is 9.80. The van der Waals surface area contributed by atoms with Gasteiger partial charge >= 0.3 is 0 Å². The van der Waals surface area contributed by atoms with Gasteiger partial charge in [0.25, 0.3) is 0 Å². The van der Waals surface area contributed by atoms with Crippen molar-refractivity contribution >= 4 is 10.9 Å². The van der Waals surface area contributed by atoms with Crippen molar-refractivity contribution in [1.82, 2.24) is 4.98 Å². The van der Waals surface area contributed by atoms with E-state index < -0.39 is 0 Å². The van der Waals surface area contributed by atoms with Gasteiger partial charge in [0, 0.05) is 25.4 Å². The highest BCUT2D eigenvalue weighted by molar-refractivity contribution is 5.79. The average molecular weight is 189 g/mol. The lowest BCUT2D eigenvalue weighted by molar-refractivity contribution is 0.195. The molecular weight excluding hydrogens is 174 g/mol. The second-order valence-electron chi connectivity index (χ2n) is 3.50. The molecule has 0 spiro atoms. The summed E-state index contributed by atoms with van der Waals surface area (Å²) in [5.41, 5.74) is 2.59. The van der Waals surface area contributed by atoms with Crippen molar-refractivity contribution in [3.8, 4) is 0 Å². The van der Waals surface area contributed by atoms with Gasteiger partial charge in [-0.05, 0) is 35.9 Å². The van der Waals surface area contributed by atoms with Crippen molar-refractivity contribution < 1.29 is 4.74 Å². The fourth-order valence-electron chi connectivity index (χ4n) is 1.67. The van der Waals surface area contributed by atoms with Gasteiger partial charge in [0.1, 0.15) is 0 Å². The lowest BCUT2D eigenvalue weighted by Crippen LogP contribution is -1.92. The number of ether oxygens (including phenoxy) is 1. The van der Waals surface area contributed by atoms with E-state index in [-0.39, 0.29) is 0 Å². The molecule has 0 fully saturated rings. The quantitative estimate of drug-likeness (QED) is 0.735. The van der Waals surface area contributed by atoms with Crippen LogP contribution in [0.1, 0.15) is 12.0 Å². The fourth-order valence-corrected chi connectivity index (χ4v) is 1.67. The van der Waals surface area contributed by atoms with E-state index in [9.17, 15) is 0 Å². The second-order valence-corrected chi connectivity index (χ2v) is 3.50. The molecule has 1 heterocycles. The number of fused-ring (bicyclic) bond motifs is 1. The predicted octanol–water partition coefficient (Wildman–Crippen LogP) is 2.75. The zero-order valence-electron chi connectivity index (χ0n) is 8.42. The van der Waals surface area contributed by atoms with E-state index in [0.717, 1.165) is 19.4 Å². The highest BCUT2D eigenvalue weighted by Gasteiger charge is 1.96. The van der Waals surface area contributed by atoms with Gasteiger partial charge in [0.05, 0.1) is 0 Å². The highest BCUT2D eigenvalue weighted by atomic mass is 16.5. The standard InChI is InChI=1S/C12H15NO/c1-14-8-2-3-10-4-5-11-6-7-13-12(11)9-10/h4-7,9,13H,2-3,8H2,1H3. The first kappa shape index (κ1) is 9.28. The van der Waals surface area contributed by atoms with Crippen LogP contribution in [0.25, 0.3) is 10.9 Å². The molecule has 0 bridgehead atoms. The summed E-state index contributed by atoms with van der Waals surface area (Å²) in [5.74, 6) is 0. The number of hydrogen-bond acceptors (Lipinski definition) is 1. The van der Waals surface area contributed by atoms with Crippen molar-refractivity contribution in [2.24, 2.45) is 0 Å². The Kier molecular flexibility index (Phi) is 2.84. The Hall–Kier alpha value is -1.28. The van der Waals surface area contributed by atoms with Crippen LogP contribution >= 0.6 is 0 Å². The summed E-state index contributed by atoms with van der Waals surface area (Å²) in [4.78, 5) is 3.22. The number of methoxy groups -OCH3 is 1. The lowest BCUT2D eigenvalue weighted by atomic mass is 10.1. The maximum atomic E-state index is 5.03. The number of aromatic nitrogens is 1. The van der Waals surface area contributed by atoms with Gasteiger partial charge in [-0.3, -0.25) is 0 Å². The minimum atomic E-state index is 0.836. The van der Waals surface area contributed by atoms with Crippen molar-refractivity contribution in [1.29, 1.82) is 0 Å². The molecule has 0 atom stereocenters. The van der Waals surface area contributed by atoms with Crippen molar-refractivity contribution in [3.63, 3.8) is 0 Å². The van der Waals surface area contributed by atoms with Gasteiger partial charge in [0.2, 0.25) is 0 Å². The Labute approximate surface area is 83.9 Å². The third kappa shape index (κ3) is 1.96. The second kappa shape index (κ2) is 4.29. The topological polar surface area (TPSA) is 25.0 Å². The van der Waals surface area contributed by atoms with Crippen molar-refractivity contribution in [2.75, 3.05) is 13.7 Å². The Morgan fingerprint density at radius 2 is 2.21 bits per heavy atom. The number of hydrogen-bond donors (Lipinski definition) is 1. The van der Waals surface area contributed by atoms with Gasteiger partial charge in [-0.25, -0.2) is 0 Å². The number of rotatable bonds is 4. The summed E-state index contributed by atoms with van der Waals surface area (Å²) in [6, 6.07) is 8.65. The van der Waals surface area contributed by atoms with Crippen LogP contribution in [-0.2, 0) is 11.2 Å². The average Bonchev–Trinajstić information content (AvgIpc) is 2.65. The van der Waals surface area contributed by atoms with Crippen LogP contribution in [0.3, 0.4) is 0 Å². The molecule has 0 saturated carbocycles. The SMILES string of the molecule is COCCCc1ccc2cc[nH]c2c1. The molecule has 0 aliphatic heterocycles. The summed E-state index contributed by atoms with van der Waals surface area (Å²) in [7, 11) is 1.74. The largest absolute Gasteiger partial charge is 0.385 e. The molecular formula is C12H15NO. The van der Waals surface area contributed by atoms with Crippen LogP contribution in [-0.4, -0.2) is 18.7 Å². The number of aryl methyl sites for hydroxylation is 1. The molecule has 74 valence electrons. The van der Waals surface area contributed by atoms with E-state index >= 15 is 0 Å². The van der Waals surface area contributed by atoms with E-state index in [0.29, 0.717) is 0 Å². The monoisotopic (exact) mass is 189 g/mol. The highest BCUT2D eigenvalue weighted by Crippen LogP contribution is 2.15. The lowest BCUT2D eigenvalue weighted by Gasteiger charge is -2.00. The van der Waals surface area contributed by atoms with E-state index in [1.807, 2.05) is 6.20 Å². The first-order valence-electron chi connectivity index (χ1n) is 4.95. The fraction of sp³-hybridized carbons (Fsp3) is 0.333. The van der Waals surface area contributed by atoms with Crippen LogP contribution in [0.4, 0.5) is 0 Å². The Morgan fingerprint density at radius 3 is 3.07 bits per heavy atom. The number of aromatic amines is 1. The maximum absolute atomic E-state index is 5.03. The molecule has 1 aromatic heterocycles. The molecule has 1 aromatic carbocycles. The summed E-state index contributed by atoms with van der Waals surface area (Å²) in [6.07, 6.45) is 4.15. The number of H-pyrrole nitrogens is 1. The van der Waals surface area contributed by atoms with E-state index in [1.54, 1.807) is 7.11 Å². The smallest absolute Gasteiger partial charge is 0.0465 e. The van der Waals surface area contributed by atoms with Crippen molar-refractivity contribution in [2.45, 2.75) is 12.8 Å². The first-order chi connectivity index (χ1) is 6.90. The molecule has 2 aromatic rings. The molecule has 1 N–H and O–H groups in total. The van der Waals surface area contributed by atoms with Crippen molar-refractivity contribution in [3.05, 3.63) is 36.0 Å². The molecule has 2 heteroatoms. The summed E-state index contributed by atoms with van der Waals surface area (Å²) >= 11 is 0. The van der Waals surface area contributed by atoms with Gasteiger partial charge in [-0.1, -0.05) is 12.1 Å². The molecule has 0 aliphatic carbocycles. The van der Waals surface area contributed by atoms with E-state index in [4.69, 9.17) is 4.74 Å². The minimum absolute atomic E-state index is 0.836. The van der Waals surface area contributed by atoms with Gasteiger partial charge in [-0.2, -0.15) is 0 Å². The van der Waals surface area contributed by atoms with Crippen LogP contribution in [0.15, 0.2) is 30.5 Å².